The molecular formula is C95H120N16O14S. The summed E-state index contributed by atoms with van der Waals surface area (Å²) in [6.07, 6.45) is 36.3. The Hall–Kier alpha value is -12.0. The number of aliphatic hydroxyl groups is 4. The van der Waals surface area contributed by atoms with Crippen molar-refractivity contribution in [1.82, 2.24) is 80.1 Å². The first kappa shape index (κ1) is 97.8. The van der Waals surface area contributed by atoms with Crippen molar-refractivity contribution in [3.8, 4) is 11.4 Å². The van der Waals surface area contributed by atoms with Gasteiger partial charge in [-0.15, -0.1) is 0 Å². The van der Waals surface area contributed by atoms with Gasteiger partial charge in [-0.1, -0.05) is 122 Å². The minimum atomic E-state index is -0.581. The number of imidazole rings is 5. The number of nitrogens with zero attached hydrogens (tertiary/aromatic N) is 11. The van der Waals surface area contributed by atoms with Crippen molar-refractivity contribution in [2.75, 3.05) is 26.4 Å². The van der Waals surface area contributed by atoms with Crippen molar-refractivity contribution in [1.29, 1.82) is 0 Å². The minimum absolute atomic E-state index is 0.125. The van der Waals surface area contributed by atoms with Gasteiger partial charge in [-0.2, -0.15) is 11.3 Å². The van der Waals surface area contributed by atoms with Crippen molar-refractivity contribution in [2.45, 2.75) is 195 Å². The number of thiophene rings is 1. The Labute approximate surface area is 737 Å². The molecule has 14 N–H and O–H groups in total. The highest BCUT2D eigenvalue weighted by Gasteiger charge is 2.24. The Bertz CT molecular complexity index is 5620. The van der Waals surface area contributed by atoms with Gasteiger partial charge in [0.25, 0.3) is 29.5 Å². The Kier molecular flexibility index (Phi) is 40.4. The highest BCUT2D eigenvalue weighted by molar-refractivity contribution is 7.08. The van der Waals surface area contributed by atoms with E-state index in [0.29, 0.717) is 50.0 Å². The molecule has 0 unspecified atom stereocenters. The van der Waals surface area contributed by atoms with Crippen LogP contribution in [-0.2, 0) is 82.4 Å². The zero-order valence-corrected chi connectivity index (χ0v) is 73.2. The van der Waals surface area contributed by atoms with Crippen LogP contribution in [0.3, 0.4) is 0 Å². The molecule has 126 heavy (non-hydrogen) atoms. The van der Waals surface area contributed by atoms with Crippen molar-refractivity contribution in [3.63, 3.8) is 0 Å². The molecule has 1 saturated carbocycles. The number of nitrogens with one attached hydrogen (secondary N) is 5. The van der Waals surface area contributed by atoms with Gasteiger partial charge in [0.15, 0.2) is 0 Å². The summed E-state index contributed by atoms with van der Waals surface area (Å²) >= 11 is 1.61. The summed E-state index contributed by atoms with van der Waals surface area (Å²) < 4.78 is 11.0. The molecule has 0 bridgehead atoms. The quantitative estimate of drug-likeness (QED) is 0.00739. The van der Waals surface area contributed by atoms with E-state index in [2.05, 4.69) is 62.4 Å². The van der Waals surface area contributed by atoms with E-state index < -0.39 is 29.5 Å². The smallest absolute Gasteiger partial charge is 0.267 e. The van der Waals surface area contributed by atoms with Crippen LogP contribution in [0.25, 0.3) is 96.9 Å². The molecule has 30 nitrogen and oxygen atoms in total. The monoisotopic (exact) mass is 1740 g/mol. The first-order valence-corrected chi connectivity index (χ1v) is 44.1. The van der Waals surface area contributed by atoms with Gasteiger partial charge >= 0.3 is 0 Å². The van der Waals surface area contributed by atoms with Crippen LogP contribution < -0.4 is 27.4 Å². The van der Waals surface area contributed by atoms with Crippen LogP contribution in [0.2, 0.25) is 0 Å². The van der Waals surface area contributed by atoms with Gasteiger partial charge < -0.3 is 43.3 Å². The normalized spacial score (nSPS) is 12.4. The Morgan fingerprint density at radius 2 is 0.786 bits per heavy atom. The molecule has 1 aliphatic carbocycles. The maximum atomic E-state index is 11.2. The number of unbranched alkanes of at least 4 members (excludes halogenated alkanes) is 5. The summed E-state index contributed by atoms with van der Waals surface area (Å²) in [7, 11) is 0. The number of carbonyl (C=O) groups excluding carboxylic acids is 5. The molecule has 7 aromatic heterocycles. The number of hydroxylamine groups is 5. The van der Waals surface area contributed by atoms with Gasteiger partial charge in [-0.25, -0.2) is 52.3 Å². The molecule has 12 aromatic rings. The van der Waals surface area contributed by atoms with Crippen LogP contribution >= 0.6 is 11.3 Å². The van der Waals surface area contributed by atoms with Crippen molar-refractivity contribution >= 4 is 126 Å². The fourth-order valence-corrected chi connectivity index (χ4v) is 15.6. The average molecular weight is 1740 g/mol. The number of aryl methyl sites for hydroxylation is 7. The lowest BCUT2D eigenvalue weighted by atomic mass is 9.88. The van der Waals surface area contributed by atoms with Crippen LogP contribution in [0.4, 0.5) is 0 Å². The van der Waals surface area contributed by atoms with Crippen molar-refractivity contribution < 1.29 is 70.4 Å². The molecule has 13 rings (SSSR count). The van der Waals surface area contributed by atoms with Gasteiger partial charge in [0, 0.05) is 144 Å². The largest absolute Gasteiger partial charge is 0.396 e. The van der Waals surface area contributed by atoms with Gasteiger partial charge in [0.1, 0.15) is 29.1 Å². The number of amides is 5. The number of benzene rings is 5. The number of rotatable bonds is 38. The van der Waals surface area contributed by atoms with E-state index in [1.807, 2.05) is 132 Å². The summed E-state index contributed by atoms with van der Waals surface area (Å²) in [5.74, 6) is 3.77. The molecule has 5 amide bonds. The van der Waals surface area contributed by atoms with Crippen LogP contribution in [0.5, 0.6) is 0 Å². The Balaban J connectivity index is 0.000000178. The summed E-state index contributed by atoms with van der Waals surface area (Å²) in [6, 6.07) is 37.2. The molecule has 31 heteroatoms. The van der Waals surface area contributed by atoms with Gasteiger partial charge in [0.2, 0.25) is 0 Å². The van der Waals surface area contributed by atoms with Gasteiger partial charge in [-0.05, 0) is 199 Å². The number of fused-ring (bicyclic) bond motifs is 5. The number of hydrogen-bond acceptors (Lipinski definition) is 21. The van der Waals surface area contributed by atoms with Crippen LogP contribution in [0.1, 0.15) is 194 Å². The standard InChI is InChI=1S/C21H24N4O2.C21H31N3O3.C19H25N3O3.C17H17N3O3S.C17H23N3O3/c1-15(2)13-20-23-18-14-16(7-9-21(26)24-27)6-8-19(18)25(20)12-10-17-5-3-4-11-22-17;1-2-3-4-5-6-7-9-20-22-18-16-17(11-13-21(26)23-27)10-12-19(18)24(20)14-8-15-25;23-12-4-11-22-17-9-7-14(8-10-18(24)21-25)13-16(17)20-19(22)15-5-2-1-3-6-15;21-8-1-7-20-15-4-2-12(3-5-16(22)19-23)10-14(15)18-17(20)13-6-9-24-11-13;1-12(2)10-16-18-14-11-13(5-7-17(22)19-23)4-6-15(14)20(16)8-3-9-21/h3-9,11,14-15,27H,10,12-13H2,1-2H3,(H,24,26);10-13,16,25,27H,2-9,14-15H2,1H3,(H,23,26);7-10,13,15,23,25H,1-6,11-12H2,(H,21,24);2-6,9-11,21,23H,1,7-8H2,(H,19,22);4-7,11-12,21,23H,3,8-10H2,1-2H3,(H,19,22)/b9-7+;13-11+;10-8+;5-3+;7-5+. The van der Waals surface area contributed by atoms with E-state index in [1.54, 1.807) is 69.1 Å². The lowest BCUT2D eigenvalue weighted by Gasteiger charge is -2.22. The second kappa shape index (κ2) is 52.1. The van der Waals surface area contributed by atoms with E-state index in [4.69, 9.17) is 61.2 Å². The number of aliphatic hydroxyl groups excluding tert-OH is 4. The maximum Gasteiger partial charge on any atom is 0.267 e. The third-order valence-electron chi connectivity index (χ3n) is 21.0. The summed E-state index contributed by atoms with van der Waals surface area (Å²) in [6.45, 7) is 15.2. The molecule has 5 aromatic carbocycles. The average Bonchev–Trinajstić information content (AvgIpc) is 1.66. The Morgan fingerprint density at radius 3 is 1.18 bits per heavy atom. The van der Waals surface area contributed by atoms with Gasteiger partial charge in [0.05, 0.1) is 55.2 Å². The first-order valence-electron chi connectivity index (χ1n) is 43.2. The zero-order valence-electron chi connectivity index (χ0n) is 72.4. The molecule has 7 heterocycles. The first-order chi connectivity index (χ1) is 61.2. The van der Waals surface area contributed by atoms with Crippen molar-refractivity contribution in [2.24, 2.45) is 11.8 Å². The number of aromatic nitrogens is 11. The predicted molar refractivity (Wildman–Crippen MR) is 492 cm³/mol. The van der Waals surface area contributed by atoms with Crippen LogP contribution in [-0.4, -0.2) is 155 Å². The number of carbonyl (C=O) groups is 5. The lowest BCUT2D eigenvalue weighted by Crippen LogP contribution is -2.14. The molecule has 0 atom stereocenters. The lowest BCUT2D eigenvalue weighted by molar-refractivity contribution is -0.124. The summed E-state index contributed by atoms with van der Waals surface area (Å²) in [5.41, 5.74) is 23.8. The van der Waals surface area contributed by atoms with Crippen LogP contribution in [0.15, 0.2) is 163 Å². The van der Waals surface area contributed by atoms with Crippen LogP contribution in [0, 0.1) is 11.8 Å². The van der Waals surface area contributed by atoms with E-state index >= 15 is 0 Å². The van der Waals surface area contributed by atoms with Gasteiger partial charge in [-0.3, -0.25) is 55.0 Å². The third-order valence-corrected chi connectivity index (χ3v) is 21.7. The SMILES string of the molecule is CC(C)Cc1nc2cc(/C=C/C(=O)NO)ccc2n1CCCO.CC(C)Cc1nc2cc(/C=C/C(=O)NO)ccc2n1CCc1ccccn1.CCCCCCCCc1nc2cc(/C=C/C(=O)NO)ccc2n1CCCO.O=C(/C=C/c1ccc2c(c1)nc(-c1ccsc1)n2CCCO)NO.O=C(/C=C/c1ccc2c(c1)nc(C1CCCCC1)n2CCCO)NO. The van der Waals surface area contributed by atoms with E-state index in [1.165, 1.54) is 94.6 Å². The highest BCUT2D eigenvalue weighted by atomic mass is 32.1. The van der Waals surface area contributed by atoms with E-state index in [-0.39, 0.29) is 26.4 Å². The molecule has 0 saturated heterocycles. The highest BCUT2D eigenvalue weighted by Crippen LogP contribution is 2.36. The fraction of sp³-hybridized carbons (Fsp3) is 0.379. The zero-order chi connectivity index (χ0) is 90.1. The summed E-state index contributed by atoms with van der Waals surface area (Å²) in [5, 5.41) is 83.5. The topological polar surface area (TPSA) is 430 Å². The minimum Gasteiger partial charge on any atom is -0.396 e. The molecule has 0 spiro atoms. The molecule has 670 valence electrons. The molecule has 0 radical (unpaired) electrons. The summed E-state index contributed by atoms with van der Waals surface area (Å²) in [4.78, 5) is 84.0. The fourth-order valence-electron chi connectivity index (χ4n) is 14.9. The molecule has 1 fully saturated rings. The molecular weight excluding hydrogens is 1620 g/mol. The van der Waals surface area contributed by atoms with E-state index in [9.17, 15) is 34.2 Å². The maximum absolute atomic E-state index is 11.2. The predicted octanol–water partition coefficient (Wildman–Crippen LogP) is 15.0. The second-order valence-electron chi connectivity index (χ2n) is 31.5. The molecule has 1 aliphatic rings. The number of pyridine rings is 1. The van der Waals surface area contributed by atoms with E-state index in [0.717, 1.165) is 182 Å². The van der Waals surface area contributed by atoms with Crippen molar-refractivity contribution in [3.05, 3.63) is 219 Å². The third kappa shape index (κ3) is 29.6. The molecule has 0 aliphatic heterocycles. The Morgan fingerprint density at radius 1 is 0.413 bits per heavy atom. The second-order valence-corrected chi connectivity index (χ2v) is 32.3. The number of hydrogen-bond donors (Lipinski definition) is 14.